The smallest absolute Gasteiger partial charge is 0.232 e. The van der Waals surface area contributed by atoms with Crippen molar-refractivity contribution in [1.82, 2.24) is 15.0 Å². The highest BCUT2D eigenvalue weighted by Crippen LogP contribution is 2.23. The third kappa shape index (κ3) is 3.99. The molecule has 0 amide bonds. The Hall–Kier alpha value is -1.71. The average molecular weight is 364 g/mol. The molecule has 0 aromatic carbocycles. The molecule has 4 heterocycles. The van der Waals surface area contributed by atoms with Crippen molar-refractivity contribution in [3.05, 3.63) is 0 Å². The van der Waals surface area contributed by atoms with Crippen LogP contribution in [0.2, 0.25) is 0 Å². The van der Waals surface area contributed by atoms with Crippen molar-refractivity contribution in [3.63, 3.8) is 0 Å². The van der Waals surface area contributed by atoms with Crippen LogP contribution in [0, 0.1) is 0 Å². The van der Waals surface area contributed by atoms with Gasteiger partial charge in [-0.3, -0.25) is 0 Å². The predicted molar refractivity (Wildman–Crippen MR) is 98.1 cm³/mol. The lowest BCUT2D eigenvalue weighted by molar-refractivity contribution is -0.00572. The number of morpholine rings is 3. The van der Waals surface area contributed by atoms with Crippen molar-refractivity contribution in [2.24, 2.45) is 0 Å². The molecule has 9 heteroatoms. The van der Waals surface area contributed by atoms with Gasteiger partial charge in [-0.2, -0.15) is 15.0 Å². The van der Waals surface area contributed by atoms with Gasteiger partial charge in [-0.1, -0.05) is 0 Å². The third-order valence-corrected chi connectivity index (χ3v) is 4.89. The second-order valence-corrected chi connectivity index (χ2v) is 7.10. The largest absolute Gasteiger partial charge is 0.378 e. The first-order valence-corrected chi connectivity index (χ1v) is 9.51. The van der Waals surface area contributed by atoms with E-state index in [0.29, 0.717) is 26.4 Å². The Morgan fingerprint density at radius 3 is 1.46 bits per heavy atom. The molecule has 3 fully saturated rings. The van der Waals surface area contributed by atoms with Gasteiger partial charge in [-0.25, -0.2) is 0 Å². The van der Waals surface area contributed by atoms with E-state index < -0.39 is 0 Å². The number of hydrogen-bond acceptors (Lipinski definition) is 9. The minimum absolute atomic E-state index is 0.161. The molecule has 3 saturated heterocycles. The number of nitrogens with zero attached hydrogens (tertiary/aromatic N) is 6. The first kappa shape index (κ1) is 17.7. The third-order valence-electron chi connectivity index (χ3n) is 4.89. The Morgan fingerprint density at radius 2 is 1.04 bits per heavy atom. The van der Waals surface area contributed by atoms with Crippen LogP contribution < -0.4 is 14.7 Å². The van der Waals surface area contributed by atoms with Gasteiger partial charge in [0.2, 0.25) is 17.8 Å². The zero-order chi connectivity index (χ0) is 17.9. The number of aromatic nitrogens is 3. The SMILES string of the molecule is C[C@@H]1CN(c2nc(N3CCOCC3)nc(N3CCOCC3)n2)C[C@H](C)O1. The molecule has 0 spiro atoms. The molecule has 0 N–H and O–H groups in total. The Kier molecular flexibility index (Phi) is 5.37. The van der Waals surface area contributed by atoms with Crippen molar-refractivity contribution in [3.8, 4) is 0 Å². The van der Waals surface area contributed by atoms with E-state index in [0.717, 1.165) is 57.1 Å². The summed E-state index contributed by atoms with van der Waals surface area (Å²) < 4.78 is 16.8. The maximum absolute atomic E-state index is 5.86. The first-order chi connectivity index (χ1) is 12.7. The highest BCUT2D eigenvalue weighted by molar-refractivity contribution is 5.47. The second-order valence-electron chi connectivity index (χ2n) is 7.10. The Balaban J connectivity index is 1.64. The molecule has 144 valence electrons. The summed E-state index contributed by atoms with van der Waals surface area (Å²) in [7, 11) is 0. The summed E-state index contributed by atoms with van der Waals surface area (Å²) in [5.41, 5.74) is 0. The first-order valence-electron chi connectivity index (χ1n) is 9.51. The summed E-state index contributed by atoms with van der Waals surface area (Å²) >= 11 is 0. The molecule has 26 heavy (non-hydrogen) atoms. The lowest BCUT2D eigenvalue weighted by Gasteiger charge is -2.36. The van der Waals surface area contributed by atoms with E-state index in [9.17, 15) is 0 Å². The van der Waals surface area contributed by atoms with Gasteiger partial charge in [0.25, 0.3) is 0 Å². The summed E-state index contributed by atoms with van der Waals surface area (Å²) in [4.78, 5) is 21.0. The Labute approximate surface area is 154 Å². The maximum atomic E-state index is 5.86. The van der Waals surface area contributed by atoms with Crippen LogP contribution in [0.5, 0.6) is 0 Å². The van der Waals surface area contributed by atoms with Crippen molar-refractivity contribution >= 4 is 17.8 Å². The van der Waals surface area contributed by atoms with Crippen molar-refractivity contribution in [1.29, 1.82) is 0 Å². The van der Waals surface area contributed by atoms with Crippen molar-refractivity contribution in [2.75, 3.05) is 80.4 Å². The summed E-state index contributed by atoms with van der Waals surface area (Å²) in [6, 6.07) is 0. The van der Waals surface area contributed by atoms with Gasteiger partial charge >= 0.3 is 0 Å². The molecule has 2 atom stereocenters. The number of anilines is 3. The molecule has 3 aliphatic rings. The van der Waals surface area contributed by atoms with Crippen LogP contribution in [0.4, 0.5) is 17.8 Å². The van der Waals surface area contributed by atoms with Gasteiger partial charge in [0.1, 0.15) is 0 Å². The fourth-order valence-electron chi connectivity index (χ4n) is 3.64. The monoisotopic (exact) mass is 364 g/mol. The van der Waals surface area contributed by atoms with E-state index in [1.807, 2.05) is 0 Å². The van der Waals surface area contributed by atoms with Crippen molar-refractivity contribution in [2.45, 2.75) is 26.1 Å². The molecular formula is C17H28N6O3. The number of hydrogen-bond donors (Lipinski definition) is 0. The van der Waals surface area contributed by atoms with E-state index in [-0.39, 0.29) is 12.2 Å². The quantitative estimate of drug-likeness (QED) is 0.745. The molecule has 1 aromatic heterocycles. The average Bonchev–Trinajstić information content (AvgIpc) is 2.68. The van der Waals surface area contributed by atoms with Gasteiger partial charge in [0, 0.05) is 39.3 Å². The van der Waals surface area contributed by atoms with E-state index in [2.05, 4.69) is 28.5 Å². The summed E-state index contributed by atoms with van der Waals surface area (Å²) in [5.74, 6) is 2.23. The second kappa shape index (κ2) is 7.89. The molecule has 4 rings (SSSR count). The maximum Gasteiger partial charge on any atom is 0.232 e. The van der Waals surface area contributed by atoms with Gasteiger partial charge in [-0.15, -0.1) is 0 Å². The highest BCUT2D eigenvalue weighted by atomic mass is 16.5. The molecule has 0 radical (unpaired) electrons. The molecule has 0 bridgehead atoms. The lowest BCUT2D eigenvalue weighted by atomic mass is 10.2. The van der Waals surface area contributed by atoms with E-state index >= 15 is 0 Å². The van der Waals surface area contributed by atoms with Gasteiger partial charge in [0.05, 0.1) is 38.6 Å². The molecule has 0 saturated carbocycles. The van der Waals surface area contributed by atoms with E-state index in [1.165, 1.54) is 0 Å². The number of rotatable bonds is 3. The van der Waals surface area contributed by atoms with Crippen LogP contribution in [0.25, 0.3) is 0 Å². The molecule has 1 aromatic rings. The summed E-state index contributed by atoms with van der Waals surface area (Å²) in [6.07, 6.45) is 0.323. The van der Waals surface area contributed by atoms with Crippen molar-refractivity contribution < 1.29 is 14.2 Å². The lowest BCUT2D eigenvalue weighted by Crippen LogP contribution is -2.47. The summed E-state index contributed by atoms with van der Waals surface area (Å²) in [6.45, 7) is 11.8. The predicted octanol–water partition coefficient (Wildman–Crippen LogP) is 0.158. The topological polar surface area (TPSA) is 76.1 Å². The molecule has 0 aliphatic carbocycles. The Morgan fingerprint density at radius 1 is 0.654 bits per heavy atom. The normalized spacial score (nSPS) is 27.7. The van der Waals surface area contributed by atoms with Crippen LogP contribution in [-0.4, -0.2) is 92.9 Å². The van der Waals surface area contributed by atoms with Crippen LogP contribution in [0.3, 0.4) is 0 Å². The molecule has 9 nitrogen and oxygen atoms in total. The van der Waals surface area contributed by atoms with Gasteiger partial charge < -0.3 is 28.9 Å². The van der Waals surface area contributed by atoms with Gasteiger partial charge in [0.15, 0.2) is 0 Å². The summed E-state index contributed by atoms with van der Waals surface area (Å²) in [5, 5.41) is 0. The minimum Gasteiger partial charge on any atom is -0.378 e. The van der Waals surface area contributed by atoms with Crippen LogP contribution >= 0.6 is 0 Å². The van der Waals surface area contributed by atoms with Crippen LogP contribution in [0.1, 0.15) is 13.8 Å². The number of ether oxygens (including phenoxy) is 3. The minimum atomic E-state index is 0.161. The van der Waals surface area contributed by atoms with E-state index in [1.54, 1.807) is 0 Å². The van der Waals surface area contributed by atoms with Crippen LogP contribution in [0.15, 0.2) is 0 Å². The van der Waals surface area contributed by atoms with Crippen LogP contribution in [-0.2, 0) is 14.2 Å². The standard InChI is InChI=1S/C17H28N6O3/c1-13-11-23(12-14(2)26-13)17-19-15(21-3-7-24-8-4-21)18-16(20-17)22-5-9-25-10-6-22/h13-14H,3-12H2,1-2H3/t13-,14+. The zero-order valence-electron chi connectivity index (χ0n) is 15.6. The molecule has 3 aliphatic heterocycles. The fourth-order valence-corrected chi connectivity index (χ4v) is 3.64. The van der Waals surface area contributed by atoms with E-state index in [4.69, 9.17) is 29.2 Å². The fraction of sp³-hybridized carbons (Fsp3) is 0.824. The molecular weight excluding hydrogens is 336 g/mol. The van der Waals surface area contributed by atoms with Gasteiger partial charge in [-0.05, 0) is 13.8 Å². The molecule has 0 unspecified atom stereocenters. The Bertz CT molecular complexity index is 560. The zero-order valence-corrected chi connectivity index (χ0v) is 15.6. The highest BCUT2D eigenvalue weighted by Gasteiger charge is 2.27.